The van der Waals surface area contributed by atoms with Gasteiger partial charge in [0.15, 0.2) is 5.78 Å². The van der Waals surface area contributed by atoms with E-state index in [-0.39, 0.29) is 18.3 Å². The van der Waals surface area contributed by atoms with E-state index in [0.29, 0.717) is 12.8 Å². The summed E-state index contributed by atoms with van der Waals surface area (Å²) < 4.78 is 4.65. The normalized spacial score (nSPS) is 20.8. The van der Waals surface area contributed by atoms with Crippen LogP contribution in [0.3, 0.4) is 0 Å². The Labute approximate surface area is 110 Å². The number of nitrogens with zero attached hydrogens (tertiary/aromatic N) is 1. The van der Waals surface area contributed by atoms with Crippen LogP contribution in [0.1, 0.15) is 32.6 Å². The number of ketones is 1. The van der Waals surface area contributed by atoms with Crippen molar-refractivity contribution in [3.63, 3.8) is 0 Å². The molecular formula is C12H16N2O5. The second kappa shape index (κ2) is 4.99. The minimum absolute atomic E-state index is 0.294. The maximum Gasteiger partial charge on any atom is 0.326 e. The van der Waals surface area contributed by atoms with Gasteiger partial charge in [-0.15, -0.1) is 0 Å². The number of urea groups is 1. The second-order valence-electron chi connectivity index (χ2n) is 4.97. The van der Waals surface area contributed by atoms with Gasteiger partial charge in [0.05, 0.1) is 0 Å². The zero-order valence-electron chi connectivity index (χ0n) is 10.7. The smallest absolute Gasteiger partial charge is 0.326 e. The molecular weight excluding hydrogens is 252 g/mol. The number of amides is 3. The molecule has 1 saturated heterocycles. The van der Waals surface area contributed by atoms with Crippen molar-refractivity contribution in [2.75, 3.05) is 13.2 Å². The highest BCUT2D eigenvalue weighted by Gasteiger charge is 2.52. The van der Waals surface area contributed by atoms with E-state index < -0.39 is 24.1 Å². The Morgan fingerprint density at radius 2 is 1.95 bits per heavy atom. The highest BCUT2D eigenvalue weighted by atomic mass is 16.5. The molecule has 0 unspecified atom stereocenters. The Kier molecular flexibility index (Phi) is 3.55. The highest BCUT2D eigenvalue weighted by Crippen LogP contribution is 2.34. The molecule has 0 radical (unpaired) electrons. The maximum absolute atomic E-state index is 12.2. The molecule has 0 aromatic rings. The fraction of sp³-hybridized carbons (Fsp3) is 0.667. The van der Waals surface area contributed by atoms with Crippen LogP contribution in [-0.2, 0) is 19.1 Å². The number of hydrogen-bond acceptors (Lipinski definition) is 5. The first kappa shape index (κ1) is 13.5. The van der Waals surface area contributed by atoms with Crippen LogP contribution in [0.4, 0.5) is 4.79 Å². The summed E-state index contributed by atoms with van der Waals surface area (Å²) >= 11 is 0. The lowest BCUT2D eigenvalue weighted by molar-refractivity contribution is -0.150. The molecule has 7 heteroatoms. The van der Waals surface area contributed by atoms with Crippen molar-refractivity contribution in [2.24, 2.45) is 0 Å². The summed E-state index contributed by atoms with van der Waals surface area (Å²) in [6.07, 6.45) is 2.98. The minimum Gasteiger partial charge on any atom is -0.456 e. The molecule has 2 aliphatic rings. The number of nitrogens with one attached hydrogen (secondary N) is 1. The summed E-state index contributed by atoms with van der Waals surface area (Å²) in [6, 6.07) is -0.563. The minimum atomic E-state index is -0.821. The van der Waals surface area contributed by atoms with E-state index in [2.05, 4.69) is 10.1 Å². The van der Waals surface area contributed by atoms with E-state index in [1.807, 2.05) is 0 Å². The van der Waals surface area contributed by atoms with E-state index in [1.165, 1.54) is 6.92 Å². The summed E-state index contributed by atoms with van der Waals surface area (Å²) in [4.78, 5) is 46.9. The molecule has 0 atom stereocenters. The molecule has 1 aliphatic heterocycles. The van der Waals surface area contributed by atoms with Crippen LogP contribution in [0.15, 0.2) is 0 Å². The first-order chi connectivity index (χ1) is 8.94. The highest BCUT2D eigenvalue weighted by molar-refractivity contribution is 6.08. The van der Waals surface area contributed by atoms with E-state index in [0.717, 1.165) is 17.7 Å². The zero-order chi connectivity index (χ0) is 14.0. The van der Waals surface area contributed by atoms with Crippen molar-refractivity contribution in [1.29, 1.82) is 0 Å². The largest absolute Gasteiger partial charge is 0.456 e. The fourth-order valence-corrected chi connectivity index (χ4v) is 2.49. The lowest BCUT2D eigenvalue weighted by Crippen LogP contribution is -2.44. The molecule has 0 bridgehead atoms. The molecule has 104 valence electrons. The molecule has 0 aromatic carbocycles. The molecule has 19 heavy (non-hydrogen) atoms. The van der Waals surface area contributed by atoms with Crippen LogP contribution in [0.2, 0.25) is 0 Å². The molecule has 0 aromatic heterocycles. The molecule has 3 amide bonds. The molecule has 1 heterocycles. The van der Waals surface area contributed by atoms with E-state index in [4.69, 9.17) is 0 Å². The summed E-state index contributed by atoms with van der Waals surface area (Å²) in [7, 11) is 0. The number of Topliss-reactive ketones (excluding diaryl/α,β-unsaturated/α-hetero) is 1. The number of imide groups is 1. The maximum atomic E-state index is 12.2. The summed E-state index contributed by atoms with van der Waals surface area (Å²) in [5.41, 5.74) is -0.821. The lowest BCUT2D eigenvalue weighted by Gasteiger charge is -2.19. The third kappa shape index (κ3) is 2.59. The van der Waals surface area contributed by atoms with Gasteiger partial charge in [-0.2, -0.15) is 0 Å². The SMILES string of the molecule is CC(=O)COC(=O)CN1C(=O)NC2(CCCC2)C1=O. The molecule has 1 N–H and O–H groups in total. The van der Waals surface area contributed by atoms with Crippen molar-refractivity contribution in [3.8, 4) is 0 Å². The average Bonchev–Trinajstić information content (AvgIpc) is 2.89. The summed E-state index contributed by atoms with van der Waals surface area (Å²) in [5, 5.41) is 2.66. The summed E-state index contributed by atoms with van der Waals surface area (Å²) in [5.74, 6) is -1.42. The van der Waals surface area contributed by atoms with Crippen molar-refractivity contribution in [3.05, 3.63) is 0 Å². The third-order valence-corrected chi connectivity index (χ3v) is 3.43. The monoisotopic (exact) mass is 268 g/mol. The molecule has 2 rings (SSSR count). The van der Waals surface area contributed by atoms with Crippen molar-refractivity contribution in [1.82, 2.24) is 10.2 Å². The van der Waals surface area contributed by atoms with Gasteiger partial charge in [0.25, 0.3) is 5.91 Å². The predicted octanol–water partition coefficient (Wildman–Crippen LogP) is -0.0168. The number of ether oxygens (including phenoxy) is 1. The van der Waals surface area contributed by atoms with Gasteiger partial charge >= 0.3 is 12.0 Å². The Morgan fingerprint density at radius 1 is 1.32 bits per heavy atom. The Bertz CT molecular complexity index is 439. The van der Waals surface area contributed by atoms with E-state index >= 15 is 0 Å². The van der Waals surface area contributed by atoms with Crippen LogP contribution in [0.5, 0.6) is 0 Å². The van der Waals surface area contributed by atoms with Gasteiger partial charge in [0.2, 0.25) is 0 Å². The van der Waals surface area contributed by atoms with Gasteiger partial charge in [0.1, 0.15) is 18.7 Å². The Morgan fingerprint density at radius 3 is 2.53 bits per heavy atom. The standard InChI is InChI=1S/C12H16N2O5/c1-8(15)7-19-9(16)6-14-10(17)12(13-11(14)18)4-2-3-5-12/h2-7H2,1H3,(H,13,18). The molecule has 2 fully saturated rings. The van der Waals surface area contributed by atoms with Crippen LogP contribution >= 0.6 is 0 Å². The molecule has 1 aliphatic carbocycles. The van der Waals surface area contributed by atoms with Gasteiger partial charge in [0, 0.05) is 0 Å². The second-order valence-corrected chi connectivity index (χ2v) is 4.97. The van der Waals surface area contributed by atoms with E-state index in [1.54, 1.807) is 0 Å². The topological polar surface area (TPSA) is 92.8 Å². The third-order valence-electron chi connectivity index (χ3n) is 3.43. The first-order valence-electron chi connectivity index (χ1n) is 6.24. The van der Waals surface area contributed by atoms with Crippen LogP contribution in [-0.4, -0.2) is 47.3 Å². The van der Waals surface area contributed by atoms with Crippen LogP contribution in [0, 0.1) is 0 Å². The fourth-order valence-electron chi connectivity index (χ4n) is 2.49. The van der Waals surface area contributed by atoms with Crippen molar-refractivity contribution >= 4 is 23.7 Å². The zero-order valence-corrected chi connectivity index (χ0v) is 10.7. The average molecular weight is 268 g/mol. The van der Waals surface area contributed by atoms with Crippen molar-refractivity contribution in [2.45, 2.75) is 38.1 Å². The molecule has 1 saturated carbocycles. The summed E-state index contributed by atoms with van der Waals surface area (Å²) in [6.45, 7) is 0.502. The van der Waals surface area contributed by atoms with Crippen LogP contribution in [0.25, 0.3) is 0 Å². The van der Waals surface area contributed by atoms with Gasteiger partial charge in [-0.25, -0.2) is 4.79 Å². The number of rotatable bonds is 4. The predicted molar refractivity (Wildman–Crippen MR) is 63.1 cm³/mol. The van der Waals surface area contributed by atoms with E-state index in [9.17, 15) is 19.2 Å². The van der Waals surface area contributed by atoms with Gasteiger partial charge in [-0.05, 0) is 19.8 Å². The molecule has 7 nitrogen and oxygen atoms in total. The quantitative estimate of drug-likeness (QED) is 0.571. The Balaban J connectivity index is 1.97. The number of esters is 1. The number of carbonyl (C=O) groups is 4. The van der Waals surface area contributed by atoms with Gasteiger partial charge in [-0.3, -0.25) is 19.3 Å². The number of hydrogen-bond donors (Lipinski definition) is 1. The first-order valence-corrected chi connectivity index (χ1v) is 6.24. The van der Waals surface area contributed by atoms with Crippen LogP contribution < -0.4 is 5.32 Å². The van der Waals surface area contributed by atoms with Gasteiger partial charge < -0.3 is 10.1 Å². The lowest BCUT2D eigenvalue weighted by atomic mass is 9.98. The molecule has 1 spiro atoms. The van der Waals surface area contributed by atoms with Gasteiger partial charge in [-0.1, -0.05) is 12.8 Å². The Hall–Kier alpha value is -1.92. The van der Waals surface area contributed by atoms with Crippen molar-refractivity contribution < 1.29 is 23.9 Å². The number of carbonyl (C=O) groups excluding carboxylic acids is 4.